The van der Waals surface area contributed by atoms with Crippen LogP contribution in [0, 0.1) is 18.7 Å². The van der Waals surface area contributed by atoms with Gasteiger partial charge in [-0.1, -0.05) is 13.0 Å². The molecule has 120 valence electrons. The zero-order valence-electron chi connectivity index (χ0n) is 13.2. The second kappa shape index (κ2) is 7.38. The Balaban J connectivity index is 1.95. The molecule has 1 aliphatic heterocycles. The summed E-state index contributed by atoms with van der Waals surface area (Å²) in [6.45, 7) is 5.60. The van der Waals surface area contributed by atoms with E-state index in [4.69, 9.17) is 0 Å². The quantitative estimate of drug-likeness (QED) is 0.929. The van der Waals surface area contributed by atoms with Gasteiger partial charge in [-0.3, -0.25) is 9.59 Å². The van der Waals surface area contributed by atoms with E-state index in [1.54, 1.807) is 17.9 Å². The molecule has 1 heterocycles. The minimum absolute atomic E-state index is 0.0239. The molecule has 0 aliphatic carbocycles. The highest BCUT2D eigenvalue weighted by molar-refractivity contribution is 5.95. The third kappa shape index (κ3) is 3.84. The molecule has 1 saturated heterocycles. The van der Waals surface area contributed by atoms with Gasteiger partial charge in [-0.05, 0) is 43.9 Å². The molecule has 0 bridgehead atoms. The van der Waals surface area contributed by atoms with Crippen LogP contribution in [0.4, 0.5) is 4.39 Å². The molecule has 2 rings (SSSR count). The van der Waals surface area contributed by atoms with Gasteiger partial charge in [0.2, 0.25) is 5.91 Å². The summed E-state index contributed by atoms with van der Waals surface area (Å²) in [5, 5.41) is 2.90. The number of amides is 2. The number of hydrogen-bond acceptors (Lipinski definition) is 2. The molecule has 0 aromatic heterocycles. The van der Waals surface area contributed by atoms with E-state index in [2.05, 4.69) is 5.32 Å². The SMILES string of the molecule is CCCNC(=O)C1CCN(C(=O)c2cc(F)ccc2C)CC1. The van der Waals surface area contributed by atoms with Crippen LogP contribution in [-0.2, 0) is 4.79 Å². The Bertz CT molecular complexity index is 552. The maximum absolute atomic E-state index is 13.3. The lowest BCUT2D eigenvalue weighted by atomic mass is 9.95. The summed E-state index contributed by atoms with van der Waals surface area (Å²) in [6, 6.07) is 4.27. The number of likely N-dealkylation sites (tertiary alicyclic amines) is 1. The number of nitrogens with one attached hydrogen (secondary N) is 1. The first-order chi connectivity index (χ1) is 10.5. The van der Waals surface area contributed by atoms with E-state index in [1.165, 1.54) is 12.1 Å². The molecule has 0 spiro atoms. The Morgan fingerprint density at radius 2 is 2.00 bits per heavy atom. The van der Waals surface area contributed by atoms with Crippen LogP contribution < -0.4 is 5.32 Å². The zero-order chi connectivity index (χ0) is 16.1. The van der Waals surface area contributed by atoms with E-state index < -0.39 is 5.82 Å². The summed E-state index contributed by atoms with van der Waals surface area (Å²) in [5.41, 5.74) is 1.18. The van der Waals surface area contributed by atoms with Gasteiger partial charge in [0.05, 0.1) is 0 Å². The van der Waals surface area contributed by atoms with Gasteiger partial charge in [-0.25, -0.2) is 4.39 Å². The molecule has 1 N–H and O–H groups in total. The van der Waals surface area contributed by atoms with Crippen molar-refractivity contribution in [3.8, 4) is 0 Å². The van der Waals surface area contributed by atoms with Gasteiger partial charge in [0.25, 0.3) is 5.91 Å². The molecule has 1 aromatic carbocycles. The molecule has 2 amide bonds. The summed E-state index contributed by atoms with van der Waals surface area (Å²) in [6.07, 6.45) is 2.24. The molecule has 1 fully saturated rings. The van der Waals surface area contributed by atoms with Gasteiger partial charge in [0.15, 0.2) is 0 Å². The molecular formula is C17H23FN2O2. The average Bonchev–Trinajstić information content (AvgIpc) is 2.54. The van der Waals surface area contributed by atoms with Gasteiger partial charge in [-0.2, -0.15) is 0 Å². The molecule has 0 atom stereocenters. The zero-order valence-corrected chi connectivity index (χ0v) is 13.2. The van der Waals surface area contributed by atoms with Crippen molar-refractivity contribution < 1.29 is 14.0 Å². The molecule has 22 heavy (non-hydrogen) atoms. The molecule has 5 heteroatoms. The number of carbonyl (C=O) groups is 2. The second-order valence-corrected chi connectivity index (χ2v) is 5.82. The van der Waals surface area contributed by atoms with Gasteiger partial charge >= 0.3 is 0 Å². The van der Waals surface area contributed by atoms with E-state index >= 15 is 0 Å². The van der Waals surface area contributed by atoms with Gasteiger partial charge in [0, 0.05) is 31.1 Å². The van der Waals surface area contributed by atoms with Crippen LogP contribution in [0.5, 0.6) is 0 Å². The summed E-state index contributed by atoms with van der Waals surface area (Å²) in [4.78, 5) is 26.1. The highest BCUT2D eigenvalue weighted by atomic mass is 19.1. The number of benzene rings is 1. The highest BCUT2D eigenvalue weighted by Crippen LogP contribution is 2.21. The number of piperidine rings is 1. The number of nitrogens with zero attached hydrogens (tertiary/aromatic N) is 1. The summed E-state index contributed by atoms with van der Waals surface area (Å²) in [5.74, 6) is -0.493. The number of aryl methyl sites for hydroxylation is 1. The molecular weight excluding hydrogens is 283 g/mol. The number of carbonyl (C=O) groups excluding carboxylic acids is 2. The van der Waals surface area contributed by atoms with E-state index in [0.29, 0.717) is 38.0 Å². The van der Waals surface area contributed by atoms with Crippen LogP contribution in [0.25, 0.3) is 0 Å². The Morgan fingerprint density at radius 1 is 1.32 bits per heavy atom. The second-order valence-electron chi connectivity index (χ2n) is 5.82. The van der Waals surface area contributed by atoms with Crippen LogP contribution in [0.2, 0.25) is 0 Å². The third-order valence-corrected chi connectivity index (χ3v) is 4.13. The Morgan fingerprint density at radius 3 is 2.64 bits per heavy atom. The van der Waals surface area contributed by atoms with Crippen molar-refractivity contribution >= 4 is 11.8 Å². The van der Waals surface area contributed by atoms with Crippen LogP contribution in [0.3, 0.4) is 0 Å². The molecule has 4 nitrogen and oxygen atoms in total. The fourth-order valence-corrected chi connectivity index (χ4v) is 2.73. The maximum atomic E-state index is 13.3. The Hall–Kier alpha value is -1.91. The smallest absolute Gasteiger partial charge is 0.254 e. The summed E-state index contributed by atoms with van der Waals surface area (Å²) < 4.78 is 13.3. The summed E-state index contributed by atoms with van der Waals surface area (Å²) in [7, 11) is 0. The molecule has 0 unspecified atom stereocenters. The molecule has 1 aliphatic rings. The van der Waals surface area contributed by atoms with E-state index in [-0.39, 0.29) is 17.7 Å². The van der Waals surface area contributed by atoms with Crippen molar-refractivity contribution in [2.75, 3.05) is 19.6 Å². The Kier molecular flexibility index (Phi) is 5.52. The average molecular weight is 306 g/mol. The van der Waals surface area contributed by atoms with Crippen molar-refractivity contribution in [3.63, 3.8) is 0 Å². The Labute approximate surface area is 130 Å². The molecule has 0 saturated carbocycles. The normalized spacial score (nSPS) is 15.7. The van der Waals surface area contributed by atoms with Crippen LogP contribution in [0.15, 0.2) is 18.2 Å². The topological polar surface area (TPSA) is 49.4 Å². The fraction of sp³-hybridized carbons (Fsp3) is 0.529. The first-order valence-corrected chi connectivity index (χ1v) is 7.86. The third-order valence-electron chi connectivity index (χ3n) is 4.13. The molecule has 1 aromatic rings. The van der Waals surface area contributed by atoms with Crippen molar-refractivity contribution in [2.24, 2.45) is 5.92 Å². The minimum atomic E-state index is -0.400. The van der Waals surface area contributed by atoms with E-state index in [9.17, 15) is 14.0 Å². The lowest BCUT2D eigenvalue weighted by Gasteiger charge is -2.31. The standard InChI is InChI=1S/C17H23FN2O2/c1-3-8-19-16(21)13-6-9-20(10-7-13)17(22)15-11-14(18)5-4-12(15)2/h4-5,11,13H,3,6-10H2,1-2H3,(H,19,21). The van der Waals surface area contributed by atoms with E-state index in [0.717, 1.165) is 12.0 Å². The minimum Gasteiger partial charge on any atom is -0.356 e. The lowest BCUT2D eigenvalue weighted by molar-refractivity contribution is -0.126. The first-order valence-electron chi connectivity index (χ1n) is 7.86. The van der Waals surface area contributed by atoms with Crippen molar-refractivity contribution in [3.05, 3.63) is 35.1 Å². The predicted molar refractivity (Wildman–Crippen MR) is 83.1 cm³/mol. The van der Waals surface area contributed by atoms with Crippen LogP contribution >= 0.6 is 0 Å². The van der Waals surface area contributed by atoms with Crippen LogP contribution in [-0.4, -0.2) is 36.3 Å². The van der Waals surface area contributed by atoms with Gasteiger partial charge in [0.1, 0.15) is 5.82 Å². The maximum Gasteiger partial charge on any atom is 0.254 e. The van der Waals surface area contributed by atoms with Crippen molar-refractivity contribution in [2.45, 2.75) is 33.1 Å². The molecule has 0 radical (unpaired) electrons. The van der Waals surface area contributed by atoms with Gasteiger partial charge in [-0.15, -0.1) is 0 Å². The highest BCUT2D eigenvalue weighted by Gasteiger charge is 2.28. The van der Waals surface area contributed by atoms with Gasteiger partial charge < -0.3 is 10.2 Å². The fourth-order valence-electron chi connectivity index (χ4n) is 2.73. The number of hydrogen-bond donors (Lipinski definition) is 1. The van der Waals surface area contributed by atoms with Crippen molar-refractivity contribution in [1.29, 1.82) is 0 Å². The number of halogens is 1. The van der Waals surface area contributed by atoms with Crippen molar-refractivity contribution in [1.82, 2.24) is 10.2 Å². The largest absolute Gasteiger partial charge is 0.356 e. The predicted octanol–water partition coefficient (Wildman–Crippen LogP) is 2.51. The summed E-state index contributed by atoms with van der Waals surface area (Å²) >= 11 is 0. The van der Waals surface area contributed by atoms with Crippen LogP contribution in [0.1, 0.15) is 42.1 Å². The first kappa shape index (κ1) is 16.5. The lowest BCUT2D eigenvalue weighted by Crippen LogP contribution is -2.43. The van der Waals surface area contributed by atoms with E-state index in [1.807, 2.05) is 6.92 Å². The monoisotopic (exact) mass is 306 g/mol. The number of rotatable bonds is 4.